The summed E-state index contributed by atoms with van der Waals surface area (Å²) in [6, 6.07) is 8.70. The second-order valence-electron chi connectivity index (χ2n) is 6.91. The van der Waals surface area contributed by atoms with Crippen LogP contribution in [-0.4, -0.2) is 29.0 Å². The lowest BCUT2D eigenvalue weighted by Gasteiger charge is -2.33. The highest BCUT2D eigenvalue weighted by molar-refractivity contribution is 6.33. The highest BCUT2D eigenvalue weighted by Crippen LogP contribution is 2.27. The number of halogens is 4. The number of ether oxygens (including phenoxy) is 1. The Balaban J connectivity index is 1.48. The van der Waals surface area contributed by atoms with E-state index in [9.17, 15) is 18.0 Å². The largest absolute Gasteiger partial charge is 0.490 e. The Morgan fingerprint density at radius 3 is 2.30 bits per heavy atom. The van der Waals surface area contributed by atoms with Gasteiger partial charge in [-0.25, -0.2) is 13.2 Å². The summed E-state index contributed by atoms with van der Waals surface area (Å²) in [6.07, 6.45) is 2.69. The molecular formula is C21H17ClF3N3O2. The van der Waals surface area contributed by atoms with E-state index in [-0.39, 0.29) is 22.6 Å². The summed E-state index contributed by atoms with van der Waals surface area (Å²) < 4.78 is 46.8. The van der Waals surface area contributed by atoms with Crippen LogP contribution in [0.25, 0.3) is 5.69 Å². The van der Waals surface area contributed by atoms with E-state index in [1.807, 2.05) is 4.90 Å². The van der Waals surface area contributed by atoms with Crippen molar-refractivity contribution in [2.24, 2.45) is 0 Å². The molecule has 1 fully saturated rings. The van der Waals surface area contributed by atoms with E-state index in [4.69, 9.17) is 16.3 Å². The van der Waals surface area contributed by atoms with Gasteiger partial charge in [-0.15, -0.1) is 0 Å². The van der Waals surface area contributed by atoms with Crippen molar-refractivity contribution in [1.82, 2.24) is 9.78 Å². The molecule has 0 N–H and O–H groups in total. The fraction of sp³-hybridized carbons (Fsp3) is 0.238. The average molecular weight is 436 g/mol. The van der Waals surface area contributed by atoms with Crippen LogP contribution in [0.4, 0.5) is 18.9 Å². The van der Waals surface area contributed by atoms with Gasteiger partial charge in [-0.3, -0.25) is 4.79 Å². The molecular weight excluding hydrogens is 419 g/mol. The molecule has 0 spiro atoms. The molecule has 9 heteroatoms. The van der Waals surface area contributed by atoms with Crippen molar-refractivity contribution in [2.45, 2.75) is 18.9 Å². The normalized spacial score (nSPS) is 14.7. The maximum absolute atomic E-state index is 14.0. The SMILES string of the molecule is O=c1c(Cl)c(N2CCC(Oc3ccc(F)cc3)CC2)cnn1-c1ccc(F)cc1F. The van der Waals surface area contributed by atoms with E-state index >= 15 is 0 Å². The monoisotopic (exact) mass is 435 g/mol. The number of hydrogen-bond acceptors (Lipinski definition) is 4. The predicted octanol–water partition coefficient (Wildman–Crippen LogP) is 4.35. The number of hydrogen-bond donors (Lipinski definition) is 0. The van der Waals surface area contributed by atoms with Crippen molar-refractivity contribution >= 4 is 17.3 Å². The van der Waals surface area contributed by atoms with E-state index in [1.54, 1.807) is 12.1 Å². The number of nitrogens with zero attached hydrogens (tertiary/aromatic N) is 3. The fourth-order valence-corrected chi connectivity index (χ4v) is 3.64. The quantitative estimate of drug-likeness (QED) is 0.611. The molecule has 2 heterocycles. The first-order valence-electron chi connectivity index (χ1n) is 9.33. The van der Waals surface area contributed by atoms with Crippen LogP contribution in [0, 0.1) is 17.5 Å². The molecule has 0 saturated carbocycles. The highest BCUT2D eigenvalue weighted by atomic mass is 35.5. The molecule has 5 nitrogen and oxygen atoms in total. The first-order valence-corrected chi connectivity index (χ1v) is 9.70. The third-order valence-corrected chi connectivity index (χ3v) is 5.29. The second kappa shape index (κ2) is 8.39. The maximum Gasteiger partial charge on any atom is 0.292 e. The summed E-state index contributed by atoms with van der Waals surface area (Å²) in [4.78, 5) is 14.5. The van der Waals surface area contributed by atoms with Crippen molar-refractivity contribution in [2.75, 3.05) is 18.0 Å². The lowest BCUT2D eigenvalue weighted by Crippen LogP contribution is -2.39. The average Bonchev–Trinajstić information content (AvgIpc) is 2.73. The van der Waals surface area contributed by atoms with Crippen molar-refractivity contribution in [3.05, 3.63) is 81.5 Å². The molecule has 1 aromatic heterocycles. The van der Waals surface area contributed by atoms with Gasteiger partial charge in [-0.2, -0.15) is 9.78 Å². The number of piperidine rings is 1. The van der Waals surface area contributed by atoms with E-state index in [0.29, 0.717) is 43.4 Å². The summed E-state index contributed by atoms with van der Waals surface area (Å²) in [5, 5.41) is 3.93. The number of rotatable bonds is 4. The van der Waals surface area contributed by atoms with Crippen LogP contribution in [0.1, 0.15) is 12.8 Å². The van der Waals surface area contributed by atoms with Crippen molar-refractivity contribution in [3.8, 4) is 11.4 Å². The van der Waals surface area contributed by atoms with E-state index in [0.717, 1.165) is 16.8 Å². The lowest BCUT2D eigenvalue weighted by molar-refractivity contribution is 0.170. The van der Waals surface area contributed by atoms with E-state index in [2.05, 4.69) is 5.10 Å². The minimum atomic E-state index is -0.910. The molecule has 0 radical (unpaired) electrons. The van der Waals surface area contributed by atoms with Crippen molar-refractivity contribution in [3.63, 3.8) is 0 Å². The van der Waals surface area contributed by atoms with E-state index < -0.39 is 17.2 Å². The topological polar surface area (TPSA) is 47.4 Å². The first kappa shape index (κ1) is 20.3. The summed E-state index contributed by atoms with van der Waals surface area (Å²) in [5.41, 5.74) is -0.425. The third-order valence-electron chi connectivity index (χ3n) is 4.94. The van der Waals surface area contributed by atoms with Crippen LogP contribution in [0.5, 0.6) is 5.75 Å². The number of anilines is 1. The molecule has 2 aromatic carbocycles. The minimum absolute atomic E-state index is 0.0490. The highest BCUT2D eigenvalue weighted by Gasteiger charge is 2.24. The van der Waals surface area contributed by atoms with Gasteiger partial charge in [-0.05, 0) is 36.4 Å². The van der Waals surface area contributed by atoms with Crippen LogP contribution < -0.4 is 15.2 Å². The predicted molar refractivity (Wildman–Crippen MR) is 107 cm³/mol. The molecule has 4 rings (SSSR count). The smallest absolute Gasteiger partial charge is 0.292 e. The standard InChI is InChI=1S/C21H17ClF3N3O2/c22-20-19(12-26-28(21(20)29)18-6-3-14(24)11-17(18)25)27-9-7-16(8-10-27)30-15-4-1-13(23)2-5-15/h1-6,11-12,16H,7-10H2. The molecule has 0 atom stereocenters. The Hall–Kier alpha value is -3.00. The Kier molecular flexibility index (Phi) is 5.67. The van der Waals surface area contributed by atoms with Gasteiger partial charge in [0.15, 0.2) is 5.82 Å². The first-order chi connectivity index (χ1) is 14.4. The second-order valence-corrected chi connectivity index (χ2v) is 7.29. The maximum atomic E-state index is 14.0. The third kappa shape index (κ3) is 4.14. The summed E-state index contributed by atoms with van der Waals surface area (Å²) in [7, 11) is 0. The van der Waals surface area contributed by atoms with Gasteiger partial charge in [0, 0.05) is 32.0 Å². The molecule has 0 unspecified atom stereocenters. The van der Waals surface area contributed by atoms with Gasteiger partial charge < -0.3 is 9.64 Å². The molecule has 0 amide bonds. The van der Waals surface area contributed by atoms with Crippen molar-refractivity contribution < 1.29 is 17.9 Å². The van der Waals surface area contributed by atoms with E-state index in [1.165, 1.54) is 18.3 Å². The minimum Gasteiger partial charge on any atom is -0.490 e. The van der Waals surface area contributed by atoms with Gasteiger partial charge in [0.1, 0.15) is 34.2 Å². The zero-order chi connectivity index (χ0) is 21.3. The van der Waals surface area contributed by atoms with Crippen LogP contribution >= 0.6 is 11.6 Å². The van der Waals surface area contributed by atoms with Crippen LogP contribution in [0.2, 0.25) is 5.02 Å². The fourth-order valence-electron chi connectivity index (χ4n) is 3.39. The van der Waals surface area contributed by atoms with Gasteiger partial charge in [0.25, 0.3) is 5.56 Å². The Labute approximate surface area is 175 Å². The van der Waals surface area contributed by atoms with Crippen LogP contribution in [0.15, 0.2) is 53.5 Å². The number of aromatic nitrogens is 2. The summed E-state index contributed by atoms with van der Waals surface area (Å²) in [5.74, 6) is -1.39. The molecule has 156 valence electrons. The molecule has 1 aliphatic rings. The molecule has 0 aliphatic carbocycles. The molecule has 1 aliphatic heterocycles. The Morgan fingerprint density at radius 2 is 1.63 bits per heavy atom. The summed E-state index contributed by atoms with van der Waals surface area (Å²) in [6.45, 7) is 1.14. The molecule has 30 heavy (non-hydrogen) atoms. The van der Waals surface area contributed by atoms with Crippen LogP contribution in [-0.2, 0) is 0 Å². The lowest BCUT2D eigenvalue weighted by atomic mass is 10.1. The zero-order valence-corrected chi connectivity index (χ0v) is 16.5. The molecule has 1 saturated heterocycles. The van der Waals surface area contributed by atoms with Crippen LogP contribution in [0.3, 0.4) is 0 Å². The van der Waals surface area contributed by atoms with Gasteiger partial charge in [0.05, 0.1) is 11.9 Å². The molecule has 0 bridgehead atoms. The van der Waals surface area contributed by atoms with Gasteiger partial charge >= 0.3 is 0 Å². The Bertz CT molecular complexity index is 1110. The van der Waals surface area contributed by atoms with Gasteiger partial charge in [-0.1, -0.05) is 11.6 Å². The van der Waals surface area contributed by atoms with Gasteiger partial charge in [0.2, 0.25) is 0 Å². The Morgan fingerprint density at radius 1 is 0.967 bits per heavy atom. The van der Waals surface area contributed by atoms with Crippen molar-refractivity contribution in [1.29, 1.82) is 0 Å². The molecule has 3 aromatic rings. The zero-order valence-electron chi connectivity index (χ0n) is 15.7. The number of benzene rings is 2. The summed E-state index contributed by atoms with van der Waals surface area (Å²) >= 11 is 6.27.